The predicted octanol–water partition coefficient (Wildman–Crippen LogP) is 0.717. The summed E-state index contributed by atoms with van der Waals surface area (Å²) >= 11 is 0. The van der Waals surface area contributed by atoms with Gasteiger partial charge in [0, 0.05) is 24.5 Å². The van der Waals surface area contributed by atoms with Crippen LogP contribution in [0.2, 0.25) is 0 Å². The highest BCUT2D eigenvalue weighted by Gasteiger charge is 2.28. The largest absolute Gasteiger partial charge is 0.336 e. The first kappa shape index (κ1) is 15.0. The van der Waals surface area contributed by atoms with E-state index >= 15 is 0 Å². The minimum Gasteiger partial charge on any atom is -0.336 e. The van der Waals surface area contributed by atoms with E-state index < -0.39 is 10.0 Å². The average Bonchev–Trinajstić information content (AvgIpc) is 2.89. The van der Waals surface area contributed by atoms with Crippen LogP contribution in [0.25, 0.3) is 10.9 Å². The summed E-state index contributed by atoms with van der Waals surface area (Å²) in [4.78, 5) is 14.3. The Morgan fingerprint density at radius 3 is 2.95 bits per heavy atom. The van der Waals surface area contributed by atoms with E-state index in [9.17, 15) is 13.2 Å². The molecule has 1 saturated heterocycles. The molecule has 22 heavy (non-hydrogen) atoms. The lowest BCUT2D eigenvalue weighted by Crippen LogP contribution is -2.49. The van der Waals surface area contributed by atoms with Crippen molar-refractivity contribution in [2.75, 3.05) is 19.3 Å². The molecule has 1 aliphatic rings. The van der Waals surface area contributed by atoms with E-state index in [0.717, 1.165) is 30.0 Å². The minimum absolute atomic E-state index is 0.169. The number of hydrogen-bond donors (Lipinski definition) is 2. The normalized spacial score (nSPS) is 19.5. The smallest absolute Gasteiger partial charge is 0.275 e. The second kappa shape index (κ2) is 5.69. The number of rotatable bonds is 3. The monoisotopic (exact) mass is 322 g/mol. The van der Waals surface area contributed by atoms with Gasteiger partial charge in [0.15, 0.2) is 5.69 Å². The van der Waals surface area contributed by atoms with Gasteiger partial charge in [0.2, 0.25) is 10.0 Å². The first-order valence-corrected chi connectivity index (χ1v) is 9.03. The van der Waals surface area contributed by atoms with E-state index in [1.165, 1.54) is 0 Å². The Hall–Kier alpha value is -1.93. The molecule has 3 rings (SSSR count). The van der Waals surface area contributed by atoms with Gasteiger partial charge in [-0.05, 0) is 18.9 Å². The maximum absolute atomic E-state index is 12.7. The fraction of sp³-hybridized carbons (Fsp3) is 0.429. The Labute approximate surface area is 128 Å². The predicted molar refractivity (Wildman–Crippen MR) is 83.0 cm³/mol. The van der Waals surface area contributed by atoms with Crippen molar-refractivity contribution in [3.63, 3.8) is 0 Å². The molecule has 1 atom stereocenters. The fourth-order valence-electron chi connectivity index (χ4n) is 2.84. The van der Waals surface area contributed by atoms with Crippen LogP contribution in [0.4, 0.5) is 0 Å². The lowest BCUT2D eigenvalue weighted by Gasteiger charge is -2.32. The van der Waals surface area contributed by atoms with Crippen LogP contribution < -0.4 is 4.72 Å². The van der Waals surface area contributed by atoms with Gasteiger partial charge in [-0.1, -0.05) is 18.2 Å². The first-order valence-electron chi connectivity index (χ1n) is 7.14. The van der Waals surface area contributed by atoms with Crippen molar-refractivity contribution in [1.29, 1.82) is 0 Å². The molecule has 1 aromatic carbocycles. The van der Waals surface area contributed by atoms with Gasteiger partial charge >= 0.3 is 0 Å². The van der Waals surface area contributed by atoms with Crippen LogP contribution in [0.5, 0.6) is 0 Å². The SMILES string of the molecule is CS(=O)(=O)N[C@@H]1CCCN(C(=O)c2n[nH]c3ccccc23)C1. The molecule has 2 N–H and O–H groups in total. The number of carbonyl (C=O) groups excluding carboxylic acids is 1. The summed E-state index contributed by atoms with van der Waals surface area (Å²) in [5.41, 5.74) is 1.20. The number of nitrogens with one attached hydrogen (secondary N) is 2. The maximum Gasteiger partial charge on any atom is 0.275 e. The summed E-state index contributed by atoms with van der Waals surface area (Å²) in [6.45, 7) is 0.981. The van der Waals surface area contributed by atoms with Gasteiger partial charge in [0.1, 0.15) is 0 Å². The van der Waals surface area contributed by atoms with E-state index in [-0.39, 0.29) is 11.9 Å². The molecule has 0 unspecified atom stereocenters. The van der Waals surface area contributed by atoms with Crippen molar-refractivity contribution in [2.45, 2.75) is 18.9 Å². The third-order valence-corrected chi connectivity index (χ3v) is 4.52. The van der Waals surface area contributed by atoms with Gasteiger partial charge in [0.25, 0.3) is 5.91 Å². The van der Waals surface area contributed by atoms with Gasteiger partial charge in [-0.3, -0.25) is 9.89 Å². The van der Waals surface area contributed by atoms with Crippen molar-refractivity contribution in [3.05, 3.63) is 30.0 Å². The van der Waals surface area contributed by atoms with E-state index in [1.54, 1.807) is 4.90 Å². The Morgan fingerprint density at radius 2 is 2.18 bits per heavy atom. The Balaban J connectivity index is 1.80. The van der Waals surface area contributed by atoms with Gasteiger partial charge < -0.3 is 4.90 Å². The second-order valence-electron chi connectivity index (χ2n) is 5.60. The summed E-state index contributed by atoms with van der Waals surface area (Å²) in [6, 6.07) is 7.21. The summed E-state index contributed by atoms with van der Waals surface area (Å²) < 4.78 is 25.3. The summed E-state index contributed by atoms with van der Waals surface area (Å²) in [7, 11) is -3.27. The van der Waals surface area contributed by atoms with Gasteiger partial charge in [-0.25, -0.2) is 13.1 Å². The number of benzene rings is 1. The molecule has 2 heterocycles. The molecule has 118 valence electrons. The fourth-order valence-corrected chi connectivity index (χ4v) is 3.63. The lowest BCUT2D eigenvalue weighted by molar-refractivity contribution is 0.0699. The molecule has 0 bridgehead atoms. The molecule has 8 heteroatoms. The molecule has 2 aromatic rings. The average molecular weight is 322 g/mol. The molecular weight excluding hydrogens is 304 g/mol. The third kappa shape index (κ3) is 3.12. The standard InChI is InChI=1S/C14H18N4O3S/c1-22(20,21)17-10-5-4-8-18(9-10)14(19)13-11-6-2-3-7-12(11)15-16-13/h2-3,6-7,10,17H,4-5,8-9H2,1H3,(H,15,16)/t10-/m1/s1. The number of H-pyrrole nitrogens is 1. The quantitative estimate of drug-likeness (QED) is 0.870. The number of aromatic amines is 1. The zero-order valence-corrected chi connectivity index (χ0v) is 13.1. The van der Waals surface area contributed by atoms with Crippen molar-refractivity contribution in [1.82, 2.24) is 19.8 Å². The van der Waals surface area contributed by atoms with Gasteiger partial charge in [-0.15, -0.1) is 0 Å². The molecule has 7 nitrogen and oxygen atoms in total. The van der Waals surface area contributed by atoms with Crippen molar-refractivity contribution >= 4 is 26.8 Å². The summed E-state index contributed by atoms with van der Waals surface area (Å²) in [5.74, 6) is -0.169. The Morgan fingerprint density at radius 1 is 1.41 bits per heavy atom. The minimum atomic E-state index is -3.27. The van der Waals surface area contributed by atoms with E-state index in [4.69, 9.17) is 0 Å². The van der Waals surface area contributed by atoms with Crippen molar-refractivity contribution < 1.29 is 13.2 Å². The van der Waals surface area contributed by atoms with Gasteiger partial charge in [-0.2, -0.15) is 5.10 Å². The molecule has 0 radical (unpaired) electrons. The Bertz CT molecular complexity index is 799. The Kier molecular flexibility index (Phi) is 3.88. The zero-order chi connectivity index (χ0) is 15.7. The molecule has 1 amide bonds. The third-order valence-electron chi connectivity index (χ3n) is 3.76. The zero-order valence-electron chi connectivity index (χ0n) is 12.2. The van der Waals surface area contributed by atoms with Crippen molar-refractivity contribution in [2.24, 2.45) is 0 Å². The molecule has 0 aliphatic carbocycles. The topological polar surface area (TPSA) is 95.2 Å². The highest BCUT2D eigenvalue weighted by molar-refractivity contribution is 7.88. The van der Waals surface area contributed by atoms with Crippen molar-refractivity contribution in [3.8, 4) is 0 Å². The number of aromatic nitrogens is 2. The second-order valence-corrected chi connectivity index (χ2v) is 7.38. The number of amides is 1. The van der Waals surface area contributed by atoms with Crippen LogP contribution in [0.3, 0.4) is 0 Å². The maximum atomic E-state index is 12.7. The highest BCUT2D eigenvalue weighted by atomic mass is 32.2. The van der Waals surface area contributed by atoms with Crippen LogP contribution in [-0.4, -0.2) is 54.8 Å². The molecule has 1 aliphatic heterocycles. The van der Waals surface area contributed by atoms with E-state index in [1.807, 2.05) is 24.3 Å². The van der Waals surface area contributed by atoms with E-state index in [2.05, 4.69) is 14.9 Å². The summed E-state index contributed by atoms with van der Waals surface area (Å²) in [5, 5.41) is 7.75. The highest BCUT2D eigenvalue weighted by Crippen LogP contribution is 2.19. The van der Waals surface area contributed by atoms with Crippen LogP contribution in [0.15, 0.2) is 24.3 Å². The molecule has 0 spiro atoms. The number of carbonyl (C=O) groups is 1. The number of likely N-dealkylation sites (tertiary alicyclic amines) is 1. The first-order chi connectivity index (χ1) is 10.4. The van der Waals surface area contributed by atoms with Gasteiger partial charge in [0.05, 0.1) is 11.8 Å². The van der Waals surface area contributed by atoms with Crippen LogP contribution in [0, 0.1) is 0 Å². The number of para-hydroxylation sites is 1. The molecule has 0 saturated carbocycles. The number of hydrogen-bond acceptors (Lipinski definition) is 4. The van der Waals surface area contributed by atoms with E-state index in [0.29, 0.717) is 18.8 Å². The molecular formula is C14H18N4O3S. The van der Waals surface area contributed by atoms with Crippen LogP contribution >= 0.6 is 0 Å². The number of fused-ring (bicyclic) bond motifs is 1. The summed E-state index contributed by atoms with van der Waals surface area (Å²) in [6.07, 6.45) is 2.63. The van der Waals surface area contributed by atoms with Crippen LogP contribution in [0.1, 0.15) is 23.3 Å². The number of sulfonamides is 1. The lowest BCUT2D eigenvalue weighted by atomic mass is 10.1. The molecule has 1 fully saturated rings. The molecule has 1 aromatic heterocycles. The number of piperidine rings is 1. The number of nitrogens with zero attached hydrogens (tertiary/aromatic N) is 2. The van der Waals surface area contributed by atoms with Crippen LogP contribution in [-0.2, 0) is 10.0 Å².